The SMILES string of the molecule is COc1ccc(CN2CC(=O)N(CCN3CCOCC3)C2=O)cc1C(=O)NCc1ccc(Oc2ccc(F)cc2)cc1. The Morgan fingerprint density at radius 1 is 0.929 bits per heavy atom. The van der Waals surface area contributed by atoms with Crippen LogP contribution in [0.1, 0.15) is 21.5 Å². The Labute approximate surface area is 243 Å². The highest BCUT2D eigenvalue weighted by atomic mass is 19.1. The third-order valence-corrected chi connectivity index (χ3v) is 7.18. The lowest BCUT2D eigenvalue weighted by Gasteiger charge is -2.28. The van der Waals surface area contributed by atoms with Gasteiger partial charge in [0.1, 0.15) is 29.6 Å². The standard InChI is InChI=1S/C31H33FN4O6/c1-40-28-11-4-23(20-35-21-29(37)36(31(35)39)13-12-34-14-16-41-17-15-34)18-27(28)30(38)33-19-22-2-7-25(8-3-22)42-26-9-5-24(32)6-10-26/h2-11,18H,12-17,19-21H2,1H3,(H,33,38). The molecule has 2 heterocycles. The van der Waals surface area contributed by atoms with E-state index in [2.05, 4.69) is 10.2 Å². The maximum Gasteiger partial charge on any atom is 0.327 e. The summed E-state index contributed by atoms with van der Waals surface area (Å²) >= 11 is 0. The first kappa shape index (κ1) is 29.0. The van der Waals surface area contributed by atoms with Crippen molar-refractivity contribution in [3.63, 3.8) is 0 Å². The van der Waals surface area contributed by atoms with Crippen molar-refractivity contribution in [3.8, 4) is 17.2 Å². The number of halogens is 1. The minimum atomic E-state index is -0.337. The van der Waals surface area contributed by atoms with Gasteiger partial charge >= 0.3 is 6.03 Å². The summed E-state index contributed by atoms with van der Waals surface area (Å²) in [5.41, 5.74) is 1.89. The third-order valence-electron chi connectivity index (χ3n) is 7.18. The largest absolute Gasteiger partial charge is 0.496 e. The van der Waals surface area contributed by atoms with Crippen LogP contribution < -0.4 is 14.8 Å². The highest BCUT2D eigenvalue weighted by Crippen LogP contribution is 2.24. The quantitative estimate of drug-likeness (QED) is 0.348. The van der Waals surface area contributed by atoms with E-state index in [1.807, 2.05) is 12.1 Å². The lowest BCUT2D eigenvalue weighted by molar-refractivity contribution is -0.125. The molecule has 11 heteroatoms. The number of amides is 4. The Hall–Kier alpha value is -4.48. The van der Waals surface area contributed by atoms with Gasteiger partial charge in [-0.05, 0) is 59.7 Å². The van der Waals surface area contributed by atoms with E-state index in [1.165, 1.54) is 29.0 Å². The van der Waals surface area contributed by atoms with E-state index in [9.17, 15) is 18.8 Å². The summed E-state index contributed by atoms with van der Waals surface area (Å²) in [4.78, 5) is 43.7. The highest BCUT2D eigenvalue weighted by Gasteiger charge is 2.36. The van der Waals surface area contributed by atoms with Crippen molar-refractivity contribution in [1.29, 1.82) is 0 Å². The normalized spacial score (nSPS) is 15.7. The molecule has 42 heavy (non-hydrogen) atoms. The summed E-state index contributed by atoms with van der Waals surface area (Å²) in [6, 6.07) is 17.8. The van der Waals surface area contributed by atoms with Crippen LogP contribution in [0.4, 0.5) is 9.18 Å². The molecule has 3 aromatic carbocycles. The average Bonchev–Trinajstić information content (AvgIpc) is 3.28. The van der Waals surface area contributed by atoms with Gasteiger partial charge < -0.3 is 24.4 Å². The van der Waals surface area contributed by atoms with Gasteiger partial charge in [-0.3, -0.25) is 19.4 Å². The zero-order chi connectivity index (χ0) is 29.5. The monoisotopic (exact) mass is 576 g/mol. The number of imide groups is 1. The summed E-state index contributed by atoms with van der Waals surface area (Å²) in [5, 5.41) is 2.90. The van der Waals surface area contributed by atoms with Crippen LogP contribution in [-0.4, -0.2) is 85.6 Å². The number of morpholine rings is 1. The van der Waals surface area contributed by atoms with Crippen molar-refractivity contribution in [1.82, 2.24) is 20.0 Å². The highest BCUT2D eigenvalue weighted by molar-refractivity contribution is 6.02. The van der Waals surface area contributed by atoms with Gasteiger partial charge in [-0.15, -0.1) is 0 Å². The van der Waals surface area contributed by atoms with Gasteiger partial charge in [0.15, 0.2) is 0 Å². The second-order valence-corrected chi connectivity index (χ2v) is 10.1. The first-order chi connectivity index (χ1) is 20.4. The van der Waals surface area contributed by atoms with Crippen molar-refractivity contribution in [2.75, 3.05) is 53.0 Å². The van der Waals surface area contributed by atoms with Crippen LogP contribution in [0.2, 0.25) is 0 Å². The number of hydrogen-bond donors (Lipinski definition) is 1. The fourth-order valence-corrected chi connectivity index (χ4v) is 4.85. The molecule has 2 aliphatic heterocycles. The lowest BCUT2D eigenvalue weighted by atomic mass is 10.1. The molecule has 1 N–H and O–H groups in total. The molecule has 2 aliphatic rings. The van der Waals surface area contributed by atoms with E-state index in [1.54, 1.807) is 42.5 Å². The van der Waals surface area contributed by atoms with Crippen LogP contribution in [0.15, 0.2) is 66.7 Å². The molecular formula is C31H33FN4O6. The Morgan fingerprint density at radius 3 is 2.29 bits per heavy atom. The van der Waals surface area contributed by atoms with Crippen LogP contribution in [0.5, 0.6) is 17.2 Å². The van der Waals surface area contributed by atoms with E-state index >= 15 is 0 Å². The van der Waals surface area contributed by atoms with Crippen molar-refractivity contribution in [2.45, 2.75) is 13.1 Å². The molecule has 10 nitrogen and oxygen atoms in total. The predicted molar refractivity (Wildman–Crippen MR) is 152 cm³/mol. The molecular weight excluding hydrogens is 543 g/mol. The minimum Gasteiger partial charge on any atom is -0.496 e. The maximum absolute atomic E-state index is 13.1. The van der Waals surface area contributed by atoms with Gasteiger partial charge in [0, 0.05) is 39.3 Å². The third kappa shape index (κ3) is 7.23. The number of nitrogens with one attached hydrogen (secondary N) is 1. The first-order valence-electron chi connectivity index (χ1n) is 13.8. The molecule has 0 spiro atoms. The Morgan fingerprint density at radius 2 is 1.60 bits per heavy atom. The zero-order valence-corrected chi connectivity index (χ0v) is 23.4. The zero-order valence-electron chi connectivity index (χ0n) is 23.4. The number of benzene rings is 3. The molecule has 0 radical (unpaired) electrons. The van der Waals surface area contributed by atoms with Crippen molar-refractivity contribution < 1.29 is 33.0 Å². The number of urea groups is 1. The Balaban J connectivity index is 1.17. The Bertz CT molecular complexity index is 1410. The number of methoxy groups -OCH3 is 1. The predicted octanol–water partition coefficient (Wildman–Crippen LogP) is 3.65. The lowest BCUT2D eigenvalue weighted by Crippen LogP contribution is -2.43. The number of rotatable bonds is 11. The summed E-state index contributed by atoms with van der Waals surface area (Å²) in [6.45, 7) is 4.29. The molecule has 0 atom stereocenters. The van der Waals surface area contributed by atoms with Gasteiger partial charge in [-0.25, -0.2) is 9.18 Å². The number of ether oxygens (including phenoxy) is 3. The molecule has 220 valence electrons. The summed E-state index contributed by atoms with van der Waals surface area (Å²) in [7, 11) is 1.49. The fourth-order valence-electron chi connectivity index (χ4n) is 4.85. The van der Waals surface area contributed by atoms with Gasteiger partial charge in [0.2, 0.25) is 5.91 Å². The van der Waals surface area contributed by atoms with E-state index in [0.29, 0.717) is 54.7 Å². The molecule has 4 amide bonds. The molecule has 2 fully saturated rings. The number of carbonyl (C=O) groups is 3. The van der Waals surface area contributed by atoms with Crippen LogP contribution in [-0.2, 0) is 22.6 Å². The molecule has 0 aliphatic carbocycles. The number of carbonyl (C=O) groups excluding carboxylic acids is 3. The maximum atomic E-state index is 13.1. The second kappa shape index (κ2) is 13.5. The van der Waals surface area contributed by atoms with Crippen molar-refractivity contribution >= 4 is 17.8 Å². The molecule has 0 unspecified atom stereocenters. The molecule has 5 rings (SSSR count). The molecule has 0 bridgehead atoms. The minimum absolute atomic E-state index is 0.00360. The topological polar surface area (TPSA) is 101 Å². The first-order valence-corrected chi connectivity index (χ1v) is 13.8. The van der Waals surface area contributed by atoms with Gasteiger partial charge in [-0.1, -0.05) is 18.2 Å². The number of hydrogen-bond acceptors (Lipinski definition) is 7. The van der Waals surface area contributed by atoms with Crippen LogP contribution in [0.3, 0.4) is 0 Å². The van der Waals surface area contributed by atoms with Gasteiger partial charge in [0.25, 0.3) is 5.91 Å². The molecule has 3 aromatic rings. The van der Waals surface area contributed by atoms with Crippen LogP contribution >= 0.6 is 0 Å². The van der Waals surface area contributed by atoms with E-state index in [4.69, 9.17) is 14.2 Å². The molecule has 0 saturated carbocycles. The second-order valence-electron chi connectivity index (χ2n) is 10.1. The van der Waals surface area contributed by atoms with E-state index < -0.39 is 0 Å². The van der Waals surface area contributed by atoms with Crippen LogP contribution in [0, 0.1) is 5.82 Å². The fraction of sp³-hybridized carbons (Fsp3) is 0.323. The molecule has 0 aromatic heterocycles. The van der Waals surface area contributed by atoms with E-state index in [0.717, 1.165) is 18.7 Å². The van der Waals surface area contributed by atoms with Crippen molar-refractivity contribution in [3.05, 3.63) is 89.2 Å². The summed E-state index contributed by atoms with van der Waals surface area (Å²) in [6.07, 6.45) is 0. The average molecular weight is 577 g/mol. The summed E-state index contributed by atoms with van der Waals surface area (Å²) < 4.78 is 29.6. The van der Waals surface area contributed by atoms with E-state index in [-0.39, 0.29) is 43.3 Å². The number of nitrogens with zero attached hydrogens (tertiary/aromatic N) is 3. The van der Waals surface area contributed by atoms with Gasteiger partial charge in [0.05, 0.1) is 25.9 Å². The van der Waals surface area contributed by atoms with Gasteiger partial charge in [-0.2, -0.15) is 0 Å². The Kier molecular flexibility index (Phi) is 9.30. The molecule has 2 saturated heterocycles. The van der Waals surface area contributed by atoms with Crippen molar-refractivity contribution in [2.24, 2.45) is 0 Å². The smallest absolute Gasteiger partial charge is 0.327 e. The summed E-state index contributed by atoms with van der Waals surface area (Å²) in [5.74, 6) is 0.600. The van der Waals surface area contributed by atoms with Crippen LogP contribution in [0.25, 0.3) is 0 Å².